The number of aryl methyl sites for hydroxylation is 1. The van der Waals surface area contributed by atoms with Crippen LogP contribution in [0.2, 0.25) is 5.02 Å². The summed E-state index contributed by atoms with van der Waals surface area (Å²) in [5.41, 5.74) is 3.45. The first-order valence-electron chi connectivity index (χ1n) is 8.56. The summed E-state index contributed by atoms with van der Waals surface area (Å²) < 4.78 is 18.3. The Morgan fingerprint density at radius 2 is 1.93 bits per heavy atom. The van der Waals surface area contributed by atoms with Crippen molar-refractivity contribution in [2.24, 2.45) is 0 Å². The summed E-state index contributed by atoms with van der Waals surface area (Å²) in [5.74, 6) is -0.0140. The summed E-state index contributed by atoms with van der Waals surface area (Å²) >= 11 is 6.12. The van der Waals surface area contributed by atoms with Gasteiger partial charge in [-0.3, -0.25) is 4.79 Å². The molecule has 0 saturated heterocycles. The van der Waals surface area contributed by atoms with Crippen LogP contribution in [-0.2, 0) is 6.54 Å². The van der Waals surface area contributed by atoms with E-state index in [0.29, 0.717) is 23.0 Å². The third-order valence-electron chi connectivity index (χ3n) is 4.12. The van der Waals surface area contributed by atoms with Crippen molar-refractivity contribution in [3.05, 3.63) is 82.4 Å². The molecule has 2 aromatic carbocycles. The molecule has 0 radical (unpaired) electrons. The van der Waals surface area contributed by atoms with Gasteiger partial charge in [0.05, 0.1) is 24.7 Å². The Morgan fingerprint density at radius 1 is 1.18 bits per heavy atom. The van der Waals surface area contributed by atoms with Gasteiger partial charge in [0.1, 0.15) is 17.3 Å². The molecule has 1 amide bonds. The Bertz CT molecular complexity index is 976. The fourth-order valence-corrected chi connectivity index (χ4v) is 2.72. The second kappa shape index (κ2) is 8.71. The largest absolute Gasteiger partial charge is 0.495 e. The summed E-state index contributed by atoms with van der Waals surface area (Å²) in [6.45, 7) is 2.20. The van der Waals surface area contributed by atoms with Crippen molar-refractivity contribution < 1.29 is 13.9 Å². The van der Waals surface area contributed by atoms with Crippen molar-refractivity contribution in [1.82, 2.24) is 10.3 Å². The summed E-state index contributed by atoms with van der Waals surface area (Å²) in [4.78, 5) is 16.4. The van der Waals surface area contributed by atoms with E-state index in [1.54, 1.807) is 43.6 Å². The summed E-state index contributed by atoms with van der Waals surface area (Å²) in [7, 11) is 1.57. The molecule has 0 saturated carbocycles. The average molecular weight is 400 g/mol. The molecule has 3 rings (SSSR count). The van der Waals surface area contributed by atoms with Gasteiger partial charge in [0.25, 0.3) is 5.91 Å². The zero-order chi connectivity index (χ0) is 20.1. The molecule has 2 N–H and O–H groups in total. The number of rotatable bonds is 6. The Hall–Kier alpha value is -3.12. The lowest BCUT2D eigenvalue weighted by atomic mass is 10.2. The Kier molecular flexibility index (Phi) is 6.11. The van der Waals surface area contributed by atoms with Crippen LogP contribution in [-0.4, -0.2) is 18.0 Å². The van der Waals surface area contributed by atoms with E-state index in [4.69, 9.17) is 16.3 Å². The molecule has 0 bridgehead atoms. The van der Waals surface area contributed by atoms with Crippen molar-refractivity contribution in [3.63, 3.8) is 0 Å². The maximum Gasteiger partial charge on any atom is 0.270 e. The van der Waals surface area contributed by atoms with Gasteiger partial charge in [-0.05, 0) is 48.4 Å². The van der Waals surface area contributed by atoms with Gasteiger partial charge in [-0.15, -0.1) is 0 Å². The topological polar surface area (TPSA) is 63.2 Å². The summed E-state index contributed by atoms with van der Waals surface area (Å²) in [6.07, 6.45) is 1.57. The number of carbonyl (C=O) groups is 1. The van der Waals surface area contributed by atoms with Crippen molar-refractivity contribution in [3.8, 4) is 5.75 Å². The van der Waals surface area contributed by atoms with E-state index in [1.807, 2.05) is 13.0 Å². The second-order valence-corrected chi connectivity index (χ2v) is 6.58. The first-order valence-corrected chi connectivity index (χ1v) is 8.94. The van der Waals surface area contributed by atoms with Crippen molar-refractivity contribution >= 4 is 28.9 Å². The second-order valence-electron chi connectivity index (χ2n) is 6.17. The van der Waals surface area contributed by atoms with Crippen LogP contribution >= 0.6 is 11.6 Å². The van der Waals surface area contributed by atoms with Crippen molar-refractivity contribution in [2.75, 3.05) is 12.4 Å². The Balaban J connectivity index is 1.65. The number of anilines is 2. The molecule has 0 aliphatic carbocycles. The molecule has 144 valence electrons. The fraction of sp³-hybridized carbons (Fsp3) is 0.143. The van der Waals surface area contributed by atoms with Gasteiger partial charge in [-0.1, -0.05) is 23.7 Å². The first-order chi connectivity index (χ1) is 13.5. The molecule has 0 unspecified atom stereocenters. The number of hydrogen-bond donors (Lipinski definition) is 2. The molecule has 0 aliphatic heterocycles. The van der Waals surface area contributed by atoms with Crippen LogP contribution in [0.3, 0.4) is 0 Å². The molecule has 3 aromatic rings. The monoisotopic (exact) mass is 399 g/mol. The van der Waals surface area contributed by atoms with E-state index >= 15 is 0 Å². The fourth-order valence-electron chi connectivity index (χ4n) is 2.56. The average Bonchev–Trinajstić information content (AvgIpc) is 2.70. The van der Waals surface area contributed by atoms with Crippen LogP contribution in [0.4, 0.5) is 15.8 Å². The minimum atomic E-state index is -0.313. The number of pyridine rings is 1. The van der Waals surface area contributed by atoms with Crippen molar-refractivity contribution in [1.29, 1.82) is 0 Å². The number of amides is 1. The summed E-state index contributed by atoms with van der Waals surface area (Å²) in [5, 5.41) is 6.58. The highest BCUT2D eigenvalue weighted by Gasteiger charge is 2.10. The lowest BCUT2D eigenvalue weighted by molar-refractivity contribution is 0.0946. The number of nitrogens with zero attached hydrogens (tertiary/aromatic N) is 1. The molecular formula is C21H19ClFN3O2. The van der Waals surface area contributed by atoms with Crippen LogP contribution in [0.15, 0.2) is 54.7 Å². The molecule has 5 nitrogen and oxygen atoms in total. The predicted molar refractivity (Wildman–Crippen MR) is 108 cm³/mol. The quantitative estimate of drug-likeness (QED) is 0.621. The number of methoxy groups -OCH3 is 1. The van der Waals surface area contributed by atoms with E-state index in [-0.39, 0.29) is 17.4 Å². The van der Waals surface area contributed by atoms with Crippen LogP contribution in [0, 0.1) is 12.7 Å². The van der Waals surface area contributed by atoms with E-state index in [1.165, 1.54) is 12.1 Å². The highest BCUT2D eigenvalue weighted by Crippen LogP contribution is 2.32. The van der Waals surface area contributed by atoms with Gasteiger partial charge in [0.2, 0.25) is 0 Å². The zero-order valence-corrected chi connectivity index (χ0v) is 16.2. The minimum Gasteiger partial charge on any atom is -0.495 e. The van der Waals surface area contributed by atoms with E-state index in [0.717, 1.165) is 16.8 Å². The molecule has 0 fully saturated rings. The minimum absolute atomic E-state index is 0.284. The van der Waals surface area contributed by atoms with Gasteiger partial charge in [-0.25, -0.2) is 9.37 Å². The number of hydrogen-bond acceptors (Lipinski definition) is 4. The lowest BCUT2D eigenvalue weighted by Crippen LogP contribution is -2.23. The van der Waals surface area contributed by atoms with Crippen LogP contribution in [0.25, 0.3) is 0 Å². The van der Waals surface area contributed by atoms with Crippen LogP contribution < -0.4 is 15.4 Å². The standard InChI is InChI=1S/C21H19ClFN3O2/c1-13-9-19(20(28-2)10-17(13)22)26-16-7-8-18(24-12-16)21(27)25-11-14-3-5-15(23)6-4-14/h3-10,12,26H,11H2,1-2H3,(H,25,27). The lowest BCUT2D eigenvalue weighted by Gasteiger charge is -2.13. The van der Waals surface area contributed by atoms with Gasteiger partial charge in [0, 0.05) is 17.6 Å². The number of ether oxygens (including phenoxy) is 1. The Labute approximate surface area is 167 Å². The maximum atomic E-state index is 12.9. The normalized spacial score (nSPS) is 10.4. The zero-order valence-electron chi connectivity index (χ0n) is 15.4. The molecule has 0 aliphatic rings. The molecule has 0 atom stereocenters. The smallest absolute Gasteiger partial charge is 0.270 e. The third-order valence-corrected chi connectivity index (χ3v) is 4.53. The predicted octanol–water partition coefficient (Wildman–Crippen LogP) is 4.86. The number of carbonyl (C=O) groups excluding carboxylic acids is 1. The van der Waals surface area contributed by atoms with Gasteiger partial charge >= 0.3 is 0 Å². The summed E-state index contributed by atoms with van der Waals surface area (Å²) in [6, 6.07) is 12.9. The highest BCUT2D eigenvalue weighted by atomic mass is 35.5. The van der Waals surface area contributed by atoms with Gasteiger partial charge in [-0.2, -0.15) is 0 Å². The highest BCUT2D eigenvalue weighted by molar-refractivity contribution is 6.31. The van der Waals surface area contributed by atoms with E-state index < -0.39 is 0 Å². The van der Waals surface area contributed by atoms with Gasteiger partial charge in [0.15, 0.2) is 0 Å². The molecule has 1 aromatic heterocycles. The van der Waals surface area contributed by atoms with Crippen LogP contribution in [0.5, 0.6) is 5.75 Å². The third kappa shape index (κ3) is 4.78. The first kappa shape index (κ1) is 19.6. The number of aromatic nitrogens is 1. The number of halogens is 2. The molecular weight excluding hydrogens is 381 g/mol. The number of nitrogens with one attached hydrogen (secondary N) is 2. The molecule has 0 spiro atoms. The van der Waals surface area contributed by atoms with Gasteiger partial charge < -0.3 is 15.4 Å². The maximum absolute atomic E-state index is 12.9. The number of benzene rings is 2. The van der Waals surface area contributed by atoms with Crippen LogP contribution in [0.1, 0.15) is 21.6 Å². The van der Waals surface area contributed by atoms with E-state index in [9.17, 15) is 9.18 Å². The molecule has 7 heteroatoms. The van der Waals surface area contributed by atoms with Crippen molar-refractivity contribution in [2.45, 2.75) is 13.5 Å². The Morgan fingerprint density at radius 3 is 2.57 bits per heavy atom. The molecule has 1 heterocycles. The van der Waals surface area contributed by atoms with E-state index in [2.05, 4.69) is 15.6 Å². The molecule has 28 heavy (non-hydrogen) atoms. The SMILES string of the molecule is COc1cc(Cl)c(C)cc1Nc1ccc(C(=O)NCc2ccc(F)cc2)nc1.